The number of aromatic nitrogens is 2. The highest BCUT2D eigenvalue weighted by Crippen LogP contribution is 2.46. The predicted molar refractivity (Wildman–Crippen MR) is 124 cm³/mol. The number of nitro groups is 1. The molecule has 33 heavy (non-hydrogen) atoms. The molecule has 2 N–H and O–H groups in total. The van der Waals surface area contributed by atoms with E-state index in [1.807, 2.05) is 62.1 Å². The fourth-order valence-corrected chi connectivity index (χ4v) is 4.29. The van der Waals surface area contributed by atoms with Crippen molar-refractivity contribution >= 4 is 11.4 Å². The van der Waals surface area contributed by atoms with Crippen LogP contribution in [0.3, 0.4) is 0 Å². The Bertz CT molecular complexity index is 1290. The maximum Gasteiger partial charge on any atom is 0.292 e. The zero-order chi connectivity index (χ0) is 23.7. The molecule has 3 aromatic rings. The maximum absolute atomic E-state index is 11.9. The summed E-state index contributed by atoms with van der Waals surface area (Å²) in [7, 11) is 0. The first kappa shape index (κ1) is 21.9. The second kappa shape index (κ2) is 8.67. The predicted octanol–water partition coefficient (Wildman–Crippen LogP) is 4.15. The molecular formula is C24H24N6O3. The van der Waals surface area contributed by atoms with Gasteiger partial charge in [0, 0.05) is 19.2 Å². The van der Waals surface area contributed by atoms with Crippen molar-refractivity contribution in [3.05, 3.63) is 86.9 Å². The molecule has 1 atom stereocenters. The molecule has 2 heterocycles. The van der Waals surface area contributed by atoms with Crippen LogP contribution < -0.4 is 15.4 Å². The standard InChI is InChI=1S/C24H24N6O3/c1-4-28(5-2)19-12-11-16(13-20(19)30(31)32)22-18(14-25)23(26)33-24-21(22)15(3)27-29(24)17-9-7-6-8-10-17/h6-13,22H,4-5,26H2,1-3H3. The third-order valence-electron chi connectivity index (χ3n) is 5.87. The molecule has 1 unspecified atom stereocenters. The highest BCUT2D eigenvalue weighted by Gasteiger charge is 2.37. The van der Waals surface area contributed by atoms with Crippen LogP contribution in [0.1, 0.15) is 36.6 Å². The summed E-state index contributed by atoms with van der Waals surface area (Å²) in [4.78, 5) is 13.5. The molecule has 0 aliphatic carbocycles. The summed E-state index contributed by atoms with van der Waals surface area (Å²) in [5.41, 5.74) is 9.54. The SMILES string of the molecule is CCN(CC)c1ccc(C2C(C#N)=C(N)Oc3c2c(C)nn3-c2ccccc2)cc1[N+](=O)[O-]. The van der Waals surface area contributed by atoms with Crippen molar-refractivity contribution in [1.29, 1.82) is 5.26 Å². The number of para-hydroxylation sites is 1. The number of nitrogens with two attached hydrogens (primary N) is 1. The molecule has 2 aromatic carbocycles. The number of allylic oxidation sites excluding steroid dienone is 1. The Morgan fingerprint density at radius 3 is 2.55 bits per heavy atom. The second-order valence-corrected chi connectivity index (χ2v) is 7.65. The van der Waals surface area contributed by atoms with Crippen LogP contribution in [-0.2, 0) is 0 Å². The van der Waals surface area contributed by atoms with Gasteiger partial charge in [-0.25, -0.2) is 4.68 Å². The molecule has 0 saturated carbocycles. The first-order valence-corrected chi connectivity index (χ1v) is 10.7. The fourth-order valence-electron chi connectivity index (χ4n) is 4.29. The van der Waals surface area contributed by atoms with Gasteiger partial charge in [0.1, 0.15) is 17.3 Å². The third-order valence-corrected chi connectivity index (χ3v) is 5.87. The molecule has 168 valence electrons. The van der Waals surface area contributed by atoms with E-state index in [1.165, 1.54) is 6.07 Å². The van der Waals surface area contributed by atoms with Crippen molar-refractivity contribution in [2.75, 3.05) is 18.0 Å². The zero-order valence-electron chi connectivity index (χ0n) is 18.6. The highest BCUT2D eigenvalue weighted by molar-refractivity contribution is 5.67. The lowest BCUT2D eigenvalue weighted by Gasteiger charge is -2.26. The molecule has 1 aromatic heterocycles. The van der Waals surface area contributed by atoms with E-state index in [-0.39, 0.29) is 17.1 Å². The summed E-state index contributed by atoms with van der Waals surface area (Å²) in [6.07, 6.45) is 0. The lowest BCUT2D eigenvalue weighted by molar-refractivity contribution is -0.384. The van der Waals surface area contributed by atoms with Crippen LogP contribution in [0.15, 0.2) is 60.0 Å². The summed E-state index contributed by atoms with van der Waals surface area (Å²) in [5.74, 6) is -0.279. The topological polar surface area (TPSA) is 123 Å². The van der Waals surface area contributed by atoms with Crippen LogP contribution >= 0.6 is 0 Å². The Balaban J connectivity index is 1.93. The molecule has 0 radical (unpaired) electrons. The van der Waals surface area contributed by atoms with Crippen LogP contribution in [0, 0.1) is 28.4 Å². The van der Waals surface area contributed by atoms with E-state index in [1.54, 1.807) is 10.7 Å². The molecule has 0 amide bonds. The third kappa shape index (κ3) is 3.65. The average Bonchev–Trinajstić information content (AvgIpc) is 3.15. The van der Waals surface area contributed by atoms with Crippen LogP contribution in [-0.4, -0.2) is 27.8 Å². The lowest BCUT2D eigenvalue weighted by atomic mass is 9.84. The van der Waals surface area contributed by atoms with Gasteiger partial charge in [-0.2, -0.15) is 10.4 Å². The summed E-state index contributed by atoms with van der Waals surface area (Å²) in [6, 6.07) is 16.6. The van der Waals surface area contributed by atoms with E-state index in [2.05, 4.69) is 11.2 Å². The number of hydrogen-bond donors (Lipinski definition) is 1. The van der Waals surface area contributed by atoms with E-state index in [0.717, 1.165) is 5.69 Å². The number of benzene rings is 2. The number of fused-ring (bicyclic) bond motifs is 1. The minimum atomic E-state index is -0.638. The lowest BCUT2D eigenvalue weighted by Crippen LogP contribution is -2.24. The molecule has 9 heteroatoms. The van der Waals surface area contributed by atoms with Crippen molar-refractivity contribution in [1.82, 2.24) is 9.78 Å². The average molecular weight is 444 g/mol. The van der Waals surface area contributed by atoms with Gasteiger partial charge in [0.15, 0.2) is 0 Å². The molecule has 4 rings (SSSR count). The Morgan fingerprint density at radius 2 is 1.94 bits per heavy atom. The number of aryl methyl sites for hydroxylation is 1. The van der Waals surface area contributed by atoms with Gasteiger partial charge in [0.05, 0.1) is 27.8 Å². The monoisotopic (exact) mass is 444 g/mol. The van der Waals surface area contributed by atoms with Gasteiger partial charge < -0.3 is 15.4 Å². The zero-order valence-corrected chi connectivity index (χ0v) is 18.6. The minimum Gasteiger partial charge on any atom is -0.422 e. The normalized spacial score (nSPS) is 14.9. The molecule has 9 nitrogen and oxygen atoms in total. The van der Waals surface area contributed by atoms with Crippen molar-refractivity contribution in [2.24, 2.45) is 5.73 Å². The van der Waals surface area contributed by atoms with Crippen molar-refractivity contribution in [3.63, 3.8) is 0 Å². The first-order chi connectivity index (χ1) is 15.9. The van der Waals surface area contributed by atoms with Crippen LogP contribution in [0.2, 0.25) is 0 Å². The number of anilines is 1. The number of ether oxygens (including phenoxy) is 1. The summed E-state index contributed by atoms with van der Waals surface area (Å²) >= 11 is 0. The van der Waals surface area contributed by atoms with E-state index in [4.69, 9.17) is 10.5 Å². The fraction of sp³-hybridized carbons (Fsp3) is 0.250. The van der Waals surface area contributed by atoms with Gasteiger partial charge in [-0.3, -0.25) is 10.1 Å². The van der Waals surface area contributed by atoms with Crippen LogP contribution in [0.4, 0.5) is 11.4 Å². The number of nitriles is 1. The number of rotatable bonds is 6. The number of nitrogens with zero attached hydrogens (tertiary/aromatic N) is 5. The van der Waals surface area contributed by atoms with E-state index in [9.17, 15) is 15.4 Å². The highest BCUT2D eigenvalue weighted by atomic mass is 16.6. The largest absolute Gasteiger partial charge is 0.422 e. The summed E-state index contributed by atoms with van der Waals surface area (Å²) in [5, 5.41) is 26.5. The summed E-state index contributed by atoms with van der Waals surface area (Å²) in [6.45, 7) is 6.99. The van der Waals surface area contributed by atoms with Gasteiger partial charge in [-0.1, -0.05) is 24.3 Å². The van der Waals surface area contributed by atoms with E-state index < -0.39 is 10.8 Å². The smallest absolute Gasteiger partial charge is 0.292 e. The van der Waals surface area contributed by atoms with Gasteiger partial charge in [-0.15, -0.1) is 0 Å². The van der Waals surface area contributed by atoms with Crippen LogP contribution in [0.25, 0.3) is 5.69 Å². The molecule has 0 bridgehead atoms. The Kier molecular flexibility index (Phi) is 5.75. The van der Waals surface area contributed by atoms with Crippen molar-refractivity contribution in [3.8, 4) is 17.6 Å². The quantitative estimate of drug-likeness (QED) is 0.447. The van der Waals surface area contributed by atoms with Crippen LogP contribution in [0.5, 0.6) is 5.88 Å². The van der Waals surface area contributed by atoms with Gasteiger partial charge in [-0.05, 0) is 44.5 Å². The Labute approximate surface area is 191 Å². The minimum absolute atomic E-state index is 0.0202. The second-order valence-electron chi connectivity index (χ2n) is 7.65. The van der Waals surface area contributed by atoms with E-state index in [0.29, 0.717) is 41.5 Å². The molecular weight excluding hydrogens is 420 g/mol. The number of hydrogen-bond acceptors (Lipinski definition) is 7. The number of nitro benzene ring substituents is 1. The van der Waals surface area contributed by atoms with Crippen molar-refractivity contribution in [2.45, 2.75) is 26.7 Å². The first-order valence-electron chi connectivity index (χ1n) is 10.7. The molecule has 1 aliphatic rings. The maximum atomic E-state index is 11.9. The molecule has 1 aliphatic heterocycles. The summed E-state index contributed by atoms with van der Waals surface area (Å²) < 4.78 is 7.50. The van der Waals surface area contributed by atoms with Gasteiger partial charge in [0.25, 0.3) is 5.69 Å². The molecule has 0 saturated heterocycles. The Morgan fingerprint density at radius 1 is 1.24 bits per heavy atom. The molecule has 0 fully saturated rings. The van der Waals surface area contributed by atoms with Crippen molar-refractivity contribution < 1.29 is 9.66 Å². The Hall–Kier alpha value is -4.32. The van der Waals surface area contributed by atoms with Gasteiger partial charge >= 0.3 is 0 Å². The molecule has 0 spiro atoms. The van der Waals surface area contributed by atoms with E-state index >= 15 is 0 Å². The van der Waals surface area contributed by atoms with Gasteiger partial charge in [0.2, 0.25) is 11.8 Å².